The van der Waals surface area contributed by atoms with E-state index in [1.807, 2.05) is 13.8 Å². The van der Waals surface area contributed by atoms with E-state index >= 15 is 0 Å². The van der Waals surface area contributed by atoms with Gasteiger partial charge in [0.25, 0.3) is 11.5 Å². The third-order valence-electron chi connectivity index (χ3n) is 3.04. The van der Waals surface area contributed by atoms with E-state index in [2.05, 4.69) is 10.4 Å². The highest BCUT2D eigenvalue weighted by Gasteiger charge is 2.05. The van der Waals surface area contributed by atoms with Gasteiger partial charge in [-0.2, -0.15) is 5.10 Å². The van der Waals surface area contributed by atoms with Gasteiger partial charge in [0.15, 0.2) is 0 Å². The van der Waals surface area contributed by atoms with Gasteiger partial charge in [0.05, 0.1) is 18.8 Å². The van der Waals surface area contributed by atoms with Crippen LogP contribution >= 0.6 is 0 Å². The molecule has 0 saturated heterocycles. The van der Waals surface area contributed by atoms with E-state index in [1.54, 1.807) is 30.3 Å². The van der Waals surface area contributed by atoms with Crippen LogP contribution in [0.2, 0.25) is 0 Å². The Hall–Kier alpha value is -2.63. The maximum absolute atomic E-state index is 12.0. The van der Waals surface area contributed by atoms with Gasteiger partial charge in [0, 0.05) is 18.2 Å². The lowest BCUT2D eigenvalue weighted by atomic mass is 10.2. The zero-order valence-corrected chi connectivity index (χ0v) is 12.7. The second-order valence-electron chi connectivity index (χ2n) is 4.75. The Labute approximate surface area is 128 Å². The Morgan fingerprint density at radius 3 is 2.64 bits per heavy atom. The van der Waals surface area contributed by atoms with Crippen LogP contribution < -0.4 is 15.6 Å². The van der Waals surface area contributed by atoms with Gasteiger partial charge in [-0.1, -0.05) is 0 Å². The van der Waals surface area contributed by atoms with Crippen molar-refractivity contribution in [2.75, 3.05) is 13.2 Å². The molecule has 0 aliphatic heterocycles. The predicted molar refractivity (Wildman–Crippen MR) is 83.2 cm³/mol. The van der Waals surface area contributed by atoms with Gasteiger partial charge < -0.3 is 10.1 Å². The Morgan fingerprint density at radius 2 is 1.95 bits per heavy atom. The first-order valence-corrected chi connectivity index (χ1v) is 7.16. The molecule has 0 aliphatic rings. The van der Waals surface area contributed by atoms with Crippen LogP contribution in [0, 0.1) is 6.92 Å². The number of aromatic nitrogens is 2. The summed E-state index contributed by atoms with van der Waals surface area (Å²) in [5, 5.41) is 6.88. The van der Waals surface area contributed by atoms with Crippen LogP contribution in [-0.2, 0) is 6.54 Å². The average Bonchev–Trinajstić information content (AvgIpc) is 2.51. The van der Waals surface area contributed by atoms with E-state index in [0.29, 0.717) is 25.3 Å². The van der Waals surface area contributed by atoms with E-state index < -0.39 is 0 Å². The highest BCUT2D eigenvalue weighted by atomic mass is 16.5. The van der Waals surface area contributed by atoms with Crippen LogP contribution in [0.4, 0.5) is 0 Å². The Balaban J connectivity index is 1.89. The summed E-state index contributed by atoms with van der Waals surface area (Å²) in [7, 11) is 0. The first kappa shape index (κ1) is 15.8. The molecule has 0 saturated carbocycles. The smallest absolute Gasteiger partial charge is 0.266 e. The second-order valence-corrected chi connectivity index (χ2v) is 4.75. The zero-order valence-electron chi connectivity index (χ0n) is 12.7. The molecule has 116 valence electrons. The normalized spacial score (nSPS) is 10.3. The minimum atomic E-state index is -0.191. The number of carbonyl (C=O) groups excluding carboxylic acids is 1. The van der Waals surface area contributed by atoms with Gasteiger partial charge in [0.2, 0.25) is 0 Å². The minimum absolute atomic E-state index is 0.180. The highest BCUT2D eigenvalue weighted by molar-refractivity contribution is 5.94. The van der Waals surface area contributed by atoms with Gasteiger partial charge in [-0.05, 0) is 44.2 Å². The van der Waals surface area contributed by atoms with Crippen molar-refractivity contribution < 1.29 is 9.53 Å². The minimum Gasteiger partial charge on any atom is -0.494 e. The zero-order chi connectivity index (χ0) is 15.9. The van der Waals surface area contributed by atoms with Crippen molar-refractivity contribution in [3.8, 4) is 5.75 Å². The molecule has 1 aromatic heterocycles. The molecule has 22 heavy (non-hydrogen) atoms. The summed E-state index contributed by atoms with van der Waals surface area (Å²) in [6.07, 6.45) is 0. The van der Waals surface area contributed by atoms with Gasteiger partial charge in [-0.25, -0.2) is 4.68 Å². The van der Waals surface area contributed by atoms with Gasteiger partial charge in [-0.3, -0.25) is 9.59 Å². The summed E-state index contributed by atoms with van der Waals surface area (Å²) in [6, 6.07) is 10.1. The highest BCUT2D eigenvalue weighted by Crippen LogP contribution is 2.11. The largest absolute Gasteiger partial charge is 0.494 e. The van der Waals surface area contributed by atoms with E-state index in [4.69, 9.17) is 4.74 Å². The predicted octanol–water partition coefficient (Wildman–Crippen LogP) is 1.38. The number of carbonyl (C=O) groups is 1. The molecular formula is C16H19N3O3. The molecule has 6 nitrogen and oxygen atoms in total. The van der Waals surface area contributed by atoms with Crippen molar-refractivity contribution in [1.82, 2.24) is 15.1 Å². The molecule has 0 bridgehead atoms. The summed E-state index contributed by atoms with van der Waals surface area (Å²) >= 11 is 0. The number of hydrogen-bond donors (Lipinski definition) is 1. The topological polar surface area (TPSA) is 73.2 Å². The molecule has 0 radical (unpaired) electrons. The van der Waals surface area contributed by atoms with E-state index in [9.17, 15) is 9.59 Å². The molecule has 0 fully saturated rings. The van der Waals surface area contributed by atoms with Crippen LogP contribution in [0.3, 0.4) is 0 Å². The monoisotopic (exact) mass is 301 g/mol. The Bertz CT molecular complexity index is 693. The fourth-order valence-electron chi connectivity index (χ4n) is 1.96. The van der Waals surface area contributed by atoms with Crippen LogP contribution in [0.1, 0.15) is 23.0 Å². The van der Waals surface area contributed by atoms with Gasteiger partial charge >= 0.3 is 0 Å². The molecule has 6 heteroatoms. The number of ether oxygens (including phenoxy) is 1. The number of hydrogen-bond acceptors (Lipinski definition) is 4. The summed E-state index contributed by atoms with van der Waals surface area (Å²) in [4.78, 5) is 23.6. The van der Waals surface area contributed by atoms with Crippen LogP contribution in [0.25, 0.3) is 0 Å². The quantitative estimate of drug-likeness (QED) is 0.875. The molecule has 1 aromatic carbocycles. The van der Waals surface area contributed by atoms with Crippen molar-refractivity contribution in [3.05, 3.63) is 58.0 Å². The molecule has 2 aromatic rings. The van der Waals surface area contributed by atoms with Crippen molar-refractivity contribution >= 4 is 5.91 Å². The third kappa shape index (κ3) is 4.18. The van der Waals surface area contributed by atoms with Crippen molar-refractivity contribution in [1.29, 1.82) is 0 Å². The van der Waals surface area contributed by atoms with E-state index in [0.717, 1.165) is 11.4 Å². The number of nitrogens with one attached hydrogen (secondary N) is 1. The SMILES string of the molecule is CCOc1ccc(C(=O)NCCn2nc(C)ccc2=O)cc1. The van der Waals surface area contributed by atoms with Crippen LogP contribution in [0.5, 0.6) is 5.75 Å². The molecule has 2 rings (SSSR count). The molecule has 0 spiro atoms. The van der Waals surface area contributed by atoms with Gasteiger partial charge in [-0.15, -0.1) is 0 Å². The number of rotatable bonds is 6. The average molecular weight is 301 g/mol. The molecule has 1 N–H and O–H groups in total. The summed E-state index contributed by atoms with van der Waals surface area (Å²) in [6.45, 7) is 4.98. The van der Waals surface area contributed by atoms with E-state index in [1.165, 1.54) is 10.7 Å². The summed E-state index contributed by atoms with van der Waals surface area (Å²) in [5.74, 6) is 0.540. The molecule has 0 aliphatic carbocycles. The molecular weight excluding hydrogens is 282 g/mol. The lowest BCUT2D eigenvalue weighted by Gasteiger charge is -2.08. The lowest BCUT2D eigenvalue weighted by Crippen LogP contribution is -2.32. The fraction of sp³-hybridized carbons (Fsp3) is 0.312. The first-order chi connectivity index (χ1) is 10.6. The molecule has 1 amide bonds. The number of aryl methyl sites for hydroxylation is 1. The third-order valence-corrected chi connectivity index (χ3v) is 3.04. The lowest BCUT2D eigenvalue weighted by molar-refractivity contribution is 0.0951. The molecule has 1 heterocycles. The maximum atomic E-state index is 12.0. The standard InChI is InChI=1S/C16H19N3O3/c1-3-22-14-7-5-13(6-8-14)16(21)17-10-11-19-15(20)9-4-12(2)18-19/h4-9H,3,10-11H2,1-2H3,(H,17,21). The van der Waals surface area contributed by atoms with Crippen LogP contribution in [-0.4, -0.2) is 28.8 Å². The van der Waals surface area contributed by atoms with Crippen molar-refractivity contribution in [2.24, 2.45) is 0 Å². The van der Waals surface area contributed by atoms with E-state index in [-0.39, 0.29) is 11.5 Å². The number of benzene rings is 1. The van der Waals surface area contributed by atoms with Crippen molar-refractivity contribution in [3.63, 3.8) is 0 Å². The fourth-order valence-corrected chi connectivity index (χ4v) is 1.96. The number of amides is 1. The van der Waals surface area contributed by atoms with Gasteiger partial charge in [0.1, 0.15) is 5.75 Å². The second kappa shape index (κ2) is 7.40. The molecule has 0 atom stereocenters. The number of nitrogens with zero attached hydrogens (tertiary/aromatic N) is 2. The Morgan fingerprint density at radius 1 is 1.23 bits per heavy atom. The van der Waals surface area contributed by atoms with Crippen molar-refractivity contribution in [2.45, 2.75) is 20.4 Å². The Kier molecular flexibility index (Phi) is 5.30. The van der Waals surface area contributed by atoms with Crippen LogP contribution in [0.15, 0.2) is 41.2 Å². The summed E-state index contributed by atoms with van der Waals surface area (Å²) < 4.78 is 6.67. The maximum Gasteiger partial charge on any atom is 0.266 e. The first-order valence-electron chi connectivity index (χ1n) is 7.16. The summed E-state index contributed by atoms with van der Waals surface area (Å²) in [5.41, 5.74) is 1.13. The molecule has 0 unspecified atom stereocenters.